The summed E-state index contributed by atoms with van der Waals surface area (Å²) in [6.07, 6.45) is 2.18. The third-order valence-corrected chi connectivity index (χ3v) is 3.02. The Hall–Kier alpha value is -0.570. The van der Waals surface area contributed by atoms with Crippen LogP contribution in [0.2, 0.25) is 0 Å². The smallest absolute Gasteiger partial charge is 0.325 e. The van der Waals surface area contributed by atoms with Gasteiger partial charge in [-0.15, -0.1) is 0 Å². The summed E-state index contributed by atoms with van der Waals surface area (Å²) in [6, 6.07) is 0. The highest BCUT2D eigenvalue weighted by atomic mass is 127. The molecule has 0 rings (SSSR count). The number of carboxylic acids is 1. The van der Waals surface area contributed by atoms with Crippen molar-refractivity contribution in [3.05, 3.63) is 0 Å². The zero-order valence-corrected chi connectivity index (χ0v) is 11.5. The van der Waals surface area contributed by atoms with Crippen molar-refractivity contribution in [2.75, 3.05) is 18.0 Å². The van der Waals surface area contributed by atoms with Gasteiger partial charge in [-0.05, 0) is 17.3 Å². The average Bonchev–Trinajstić information content (AvgIpc) is 2.26. The number of aliphatic carboxylic acids is 1. The van der Waals surface area contributed by atoms with E-state index in [1.807, 2.05) is 0 Å². The quantitative estimate of drug-likeness (QED) is 0.170. The Kier molecular flexibility index (Phi) is 7.39. The molecule has 94 valence electrons. The molecule has 0 spiro atoms. The van der Waals surface area contributed by atoms with Gasteiger partial charge in [-0.25, -0.2) is 0 Å². The first kappa shape index (κ1) is 15.4. The minimum absolute atomic E-state index is 0.0900. The minimum atomic E-state index is -1.28. The predicted octanol–water partition coefficient (Wildman–Crippen LogP) is -0.0921. The Morgan fingerprint density at radius 1 is 1.56 bits per heavy atom. The number of alkyl halides is 1. The minimum Gasteiger partial charge on any atom is -0.480 e. The number of carboxylic acid groups (broad SMARTS) is 1. The first-order valence-electron chi connectivity index (χ1n) is 5.00. The molecule has 6 nitrogen and oxygen atoms in total. The lowest BCUT2D eigenvalue weighted by molar-refractivity contribution is -0.143. The van der Waals surface area contributed by atoms with Gasteiger partial charge in [0.2, 0.25) is 0 Å². The van der Waals surface area contributed by atoms with E-state index in [1.54, 1.807) is 0 Å². The van der Waals surface area contributed by atoms with Crippen molar-refractivity contribution in [1.29, 1.82) is 0 Å². The fourth-order valence-electron chi connectivity index (χ4n) is 1.13. The molecule has 0 radical (unpaired) electrons. The summed E-state index contributed by atoms with van der Waals surface area (Å²) in [7, 11) is 1.53. The number of hydrogen-bond donors (Lipinski definition) is 4. The molecule has 0 aromatic rings. The monoisotopic (exact) mass is 342 g/mol. The van der Waals surface area contributed by atoms with Crippen molar-refractivity contribution in [3.8, 4) is 0 Å². The van der Waals surface area contributed by atoms with Crippen LogP contribution in [0.15, 0.2) is 4.99 Å². The number of nitrogens with zero attached hydrogens (tertiary/aromatic N) is 1. The Labute approximate surface area is 109 Å². The van der Waals surface area contributed by atoms with E-state index in [9.17, 15) is 4.79 Å². The lowest BCUT2D eigenvalue weighted by atomic mass is 9.94. The molecule has 7 heteroatoms. The van der Waals surface area contributed by atoms with Crippen LogP contribution in [0.4, 0.5) is 0 Å². The highest BCUT2D eigenvalue weighted by Gasteiger charge is 2.33. The Morgan fingerprint density at radius 2 is 2.19 bits per heavy atom. The van der Waals surface area contributed by atoms with Gasteiger partial charge in [0.05, 0.1) is 0 Å². The van der Waals surface area contributed by atoms with Gasteiger partial charge < -0.3 is 21.9 Å². The van der Waals surface area contributed by atoms with Gasteiger partial charge in [-0.1, -0.05) is 29.0 Å². The van der Waals surface area contributed by atoms with Crippen LogP contribution in [0.1, 0.15) is 19.3 Å². The molecular formula is C9H19IN4O2. The number of aliphatic imine (C=N–C) groups is 1. The molecule has 1 unspecified atom stereocenters. The fourth-order valence-corrected chi connectivity index (χ4v) is 1.67. The number of halogens is 1. The number of hydrogen-bond acceptors (Lipinski definition) is 3. The molecule has 0 fully saturated rings. The van der Waals surface area contributed by atoms with Gasteiger partial charge in [0.15, 0.2) is 5.96 Å². The molecule has 0 aliphatic rings. The largest absolute Gasteiger partial charge is 0.480 e. The molecule has 0 aromatic carbocycles. The SMILES string of the molecule is CN=C(N)NCC(N)(CCCCI)C(=O)O. The van der Waals surface area contributed by atoms with Crippen LogP contribution in [-0.2, 0) is 4.79 Å². The molecule has 0 saturated carbocycles. The third kappa shape index (κ3) is 5.50. The highest BCUT2D eigenvalue weighted by Crippen LogP contribution is 2.12. The number of carbonyl (C=O) groups is 1. The van der Waals surface area contributed by atoms with Crippen molar-refractivity contribution >= 4 is 34.5 Å². The second-order valence-electron chi connectivity index (χ2n) is 3.57. The lowest BCUT2D eigenvalue weighted by Gasteiger charge is -2.25. The Balaban J connectivity index is 4.28. The summed E-state index contributed by atoms with van der Waals surface area (Å²) >= 11 is 2.25. The molecule has 0 heterocycles. The van der Waals surface area contributed by atoms with Crippen molar-refractivity contribution < 1.29 is 9.90 Å². The maximum absolute atomic E-state index is 11.1. The second kappa shape index (κ2) is 7.66. The molecule has 16 heavy (non-hydrogen) atoms. The standard InChI is InChI=1S/C9H19IN4O2/c1-13-8(11)14-6-9(12,7(15)16)4-2-3-5-10/h2-6,12H2,1H3,(H,15,16)(H3,11,13,14). The first-order chi connectivity index (χ1) is 7.46. The van der Waals surface area contributed by atoms with Crippen LogP contribution in [0.5, 0.6) is 0 Å². The van der Waals surface area contributed by atoms with Gasteiger partial charge in [0.25, 0.3) is 0 Å². The van der Waals surface area contributed by atoms with E-state index in [-0.39, 0.29) is 12.5 Å². The van der Waals surface area contributed by atoms with E-state index in [2.05, 4.69) is 32.9 Å². The van der Waals surface area contributed by atoms with Gasteiger partial charge >= 0.3 is 5.97 Å². The molecule has 0 aromatic heterocycles. The van der Waals surface area contributed by atoms with Crippen LogP contribution >= 0.6 is 22.6 Å². The van der Waals surface area contributed by atoms with Gasteiger partial charge in [-0.2, -0.15) is 0 Å². The molecule has 0 saturated heterocycles. The molecule has 1 atom stereocenters. The van der Waals surface area contributed by atoms with Crippen LogP contribution in [0.3, 0.4) is 0 Å². The second-order valence-corrected chi connectivity index (χ2v) is 4.65. The van der Waals surface area contributed by atoms with Crippen molar-refractivity contribution in [2.24, 2.45) is 16.5 Å². The van der Waals surface area contributed by atoms with Gasteiger partial charge in [0.1, 0.15) is 5.54 Å². The predicted molar refractivity (Wildman–Crippen MR) is 72.8 cm³/mol. The van der Waals surface area contributed by atoms with E-state index >= 15 is 0 Å². The van der Waals surface area contributed by atoms with E-state index in [0.717, 1.165) is 17.3 Å². The third-order valence-electron chi connectivity index (χ3n) is 2.26. The molecule has 0 bridgehead atoms. The number of unbranched alkanes of at least 4 members (excludes halogenated alkanes) is 1. The van der Waals surface area contributed by atoms with Gasteiger partial charge in [0, 0.05) is 13.6 Å². The molecule has 0 amide bonds. The van der Waals surface area contributed by atoms with E-state index in [0.29, 0.717) is 6.42 Å². The van der Waals surface area contributed by atoms with E-state index in [4.69, 9.17) is 16.6 Å². The van der Waals surface area contributed by atoms with Crippen molar-refractivity contribution in [3.63, 3.8) is 0 Å². The normalized spacial score (nSPS) is 15.6. The molecule has 0 aliphatic carbocycles. The summed E-state index contributed by atoms with van der Waals surface area (Å²) in [4.78, 5) is 14.7. The van der Waals surface area contributed by atoms with E-state index in [1.165, 1.54) is 7.05 Å². The summed E-state index contributed by atoms with van der Waals surface area (Å²) in [6.45, 7) is 0.0900. The van der Waals surface area contributed by atoms with Crippen molar-refractivity contribution in [2.45, 2.75) is 24.8 Å². The molecule has 0 aliphatic heterocycles. The van der Waals surface area contributed by atoms with Crippen LogP contribution in [-0.4, -0.2) is 40.6 Å². The number of nitrogens with one attached hydrogen (secondary N) is 1. The summed E-state index contributed by atoms with van der Waals surface area (Å²) in [5.41, 5.74) is 9.96. The highest BCUT2D eigenvalue weighted by molar-refractivity contribution is 14.1. The number of nitrogens with two attached hydrogens (primary N) is 2. The zero-order chi connectivity index (χ0) is 12.6. The Morgan fingerprint density at radius 3 is 2.62 bits per heavy atom. The lowest BCUT2D eigenvalue weighted by Crippen LogP contribution is -2.57. The maximum Gasteiger partial charge on any atom is 0.325 e. The summed E-state index contributed by atoms with van der Waals surface area (Å²) in [5, 5.41) is 11.8. The molecular weight excluding hydrogens is 323 g/mol. The van der Waals surface area contributed by atoms with Crippen molar-refractivity contribution in [1.82, 2.24) is 5.32 Å². The zero-order valence-electron chi connectivity index (χ0n) is 9.37. The maximum atomic E-state index is 11.1. The van der Waals surface area contributed by atoms with E-state index < -0.39 is 11.5 Å². The van der Waals surface area contributed by atoms with Crippen LogP contribution < -0.4 is 16.8 Å². The topological polar surface area (TPSA) is 114 Å². The van der Waals surface area contributed by atoms with Crippen LogP contribution in [0.25, 0.3) is 0 Å². The Bertz CT molecular complexity index is 260. The first-order valence-corrected chi connectivity index (χ1v) is 6.53. The van der Waals surface area contributed by atoms with Gasteiger partial charge in [-0.3, -0.25) is 9.79 Å². The number of guanidine groups is 1. The molecule has 6 N–H and O–H groups in total. The van der Waals surface area contributed by atoms with Crippen LogP contribution in [0, 0.1) is 0 Å². The average molecular weight is 342 g/mol. The fraction of sp³-hybridized carbons (Fsp3) is 0.778. The summed E-state index contributed by atoms with van der Waals surface area (Å²) in [5.74, 6) is -0.817. The summed E-state index contributed by atoms with van der Waals surface area (Å²) < 4.78 is 0.999. The number of rotatable bonds is 7.